The molecule has 0 saturated carbocycles. The van der Waals surface area contributed by atoms with Crippen LogP contribution in [0.25, 0.3) is 0 Å². The van der Waals surface area contributed by atoms with E-state index in [1.165, 1.54) is 32.6 Å². The molecule has 0 rings (SSSR count). The van der Waals surface area contributed by atoms with Gasteiger partial charge < -0.3 is 9.84 Å². The van der Waals surface area contributed by atoms with Gasteiger partial charge >= 0.3 is 0 Å². The summed E-state index contributed by atoms with van der Waals surface area (Å²) in [5.41, 5.74) is 2.64. The second-order valence-electron chi connectivity index (χ2n) is 4.49. The summed E-state index contributed by atoms with van der Waals surface area (Å²) in [6, 6.07) is -0.391. The Morgan fingerprint density at radius 1 is 1.39 bits per heavy atom. The summed E-state index contributed by atoms with van der Waals surface area (Å²) in [7, 11) is 1.54. The molecule has 0 heterocycles. The van der Waals surface area contributed by atoms with Crippen molar-refractivity contribution < 1.29 is 14.7 Å². The average molecular weight is 259 g/mol. The lowest BCUT2D eigenvalue weighted by molar-refractivity contribution is -0.553. The maximum Gasteiger partial charge on any atom is 0.253 e. The van der Waals surface area contributed by atoms with E-state index >= 15 is 0 Å². The van der Waals surface area contributed by atoms with Crippen molar-refractivity contribution in [2.75, 3.05) is 13.7 Å². The Morgan fingerprint density at radius 2 is 2.11 bits per heavy atom. The third kappa shape index (κ3) is 9.13. The minimum Gasteiger partial charge on any atom is -0.391 e. The Morgan fingerprint density at radius 3 is 2.67 bits per heavy atom. The number of nitrogens with one attached hydrogen (secondary N) is 1. The second kappa shape index (κ2) is 11.2. The van der Waals surface area contributed by atoms with Gasteiger partial charge in [0.2, 0.25) is 0 Å². The molecular weight excluding hydrogens is 232 g/mol. The number of aliphatic hydroxyl groups excluding tert-OH is 1. The van der Waals surface area contributed by atoms with Crippen LogP contribution >= 0.6 is 0 Å². The summed E-state index contributed by atoms with van der Waals surface area (Å²) in [6.45, 7) is 4.09. The normalized spacial score (nSPS) is 14.7. The highest BCUT2D eigenvalue weighted by molar-refractivity contribution is 4.73. The third-order valence-corrected chi connectivity index (χ3v) is 2.69. The van der Waals surface area contributed by atoms with E-state index in [4.69, 9.17) is 4.74 Å². The zero-order chi connectivity index (χ0) is 13.8. The fourth-order valence-electron chi connectivity index (χ4n) is 1.53. The van der Waals surface area contributed by atoms with E-state index in [1.54, 1.807) is 6.92 Å². The number of unbranched alkanes of at least 4 members (excludes halogenated alkanes) is 4. The molecule has 0 aliphatic rings. The van der Waals surface area contributed by atoms with Gasteiger partial charge in [0, 0.05) is 7.11 Å². The highest BCUT2D eigenvalue weighted by atomic mass is 16.5. The number of hydrogen-bond donors (Lipinski definition) is 2. The fourth-order valence-corrected chi connectivity index (χ4v) is 1.53. The predicted molar refractivity (Wildman–Crippen MR) is 72.0 cm³/mol. The number of aliphatic hydroxyl groups is 1. The molecule has 0 bridgehead atoms. The van der Waals surface area contributed by atoms with Crippen molar-refractivity contribution in [1.82, 2.24) is 5.43 Å². The molecule has 0 saturated heterocycles. The van der Waals surface area contributed by atoms with Crippen LogP contribution < -0.4 is 5.43 Å². The monoisotopic (exact) mass is 259 g/mol. The van der Waals surface area contributed by atoms with Crippen LogP contribution in [0.15, 0.2) is 12.3 Å². The SMILES string of the molecule is CCCCCC/C=C/[N+](=O)N[C@H](COC)[C@@H](C)O. The molecule has 0 aromatic carbocycles. The molecule has 0 unspecified atom stereocenters. The van der Waals surface area contributed by atoms with E-state index in [1.807, 2.05) is 6.08 Å². The molecule has 0 aliphatic carbocycles. The minimum absolute atomic E-state index is 0.292. The van der Waals surface area contributed by atoms with Crippen LogP contribution in [0, 0.1) is 4.91 Å². The highest BCUT2D eigenvalue weighted by Gasteiger charge is 2.20. The van der Waals surface area contributed by atoms with Gasteiger partial charge in [0.25, 0.3) is 6.20 Å². The van der Waals surface area contributed by atoms with E-state index in [2.05, 4.69) is 12.3 Å². The number of hydrazine groups is 1. The maximum atomic E-state index is 11.5. The molecule has 18 heavy (non-hydrogen) atoms. The smallest absolute Gasteiger partial charge is 0.253 e. The predicted octanol–water partition coefficient (Wildman–Crippen LogP) is 2.15. The van der Waals surface area contributed by atoms with Crippen LogP contribution in [0.2, 0.25) is 0 Å². The minimum atomic E-state index is -0.639. The quantitative estimate of drug-likeness (QED) is 0.339. The Bertz CT molecular complexity index is 242. The van der Waals surface area contributed by atoms with Gasteiger partial charge in [-0.1, -0.05) is 26.2 Å². The fraction of sp³-hybridized carbons (Fsp3) is 0.846. The van der Waals surface area contributed by atoms with Gasteiger partial charge in [0.15, 0.2) is 0 Å². The molecule has 106 valence electrons. The van der Waals surface area contributed by atoms with Crippen molar-refractivity contribution in [3.63, 3.8) is 0 Å². The highest BCUT2D eigenvalue weighted by Crippen LogP contribution is 2.02. The molecule has 0 radical (unpaired) electrons. The van der Waals surface area contributed by atoms with E-state index < -0.39 is 12.1 Å². The molecule has 2 atom stereocenters. The van der Waals surface area contributed by atoms with Crippen molar-refractivity contribution in [3.8, 4) is 0 Å². The summed E-state index contributed by atoms with van der Waals surface area (Å²) < 4.78 is 4.92. The summed E-state index contributed by atoms with van der Waals surface area (Å²) >= 11 is 0. The first-order valence-corrected chi connectivity index (χ1v) is 6.68. The molecule has 5 heteroatoms. The number of nitrogens with zero attached hydrogens (tertiary/aromatic N) is 1. The number of methoxy groups -OCH3 is 1. The van der Waals surface area contributed by atoms with E-state index in [0.29, 0.717) is 11.5 Å². The number of ether oxygens (including phenoxy) is 1. The van der Waals surface area contributed by atoms with Crippen molar-refractivity contribution in [2.45, 2.75) is 58.1 Å². The Labute approximate surface area is 110 Å². The largest absolute Gasteiger partial charge is 0.391 e. The summed E-state index contributed by atoms with van der Waals surface area (Å²) in [6.07, 6.45) is 8.34. The maximum absolute atomic E-state index is 11.5. The van der Waals surface area contributed by atoms with Gasteiger partial charge in [0.05, 0.1) is 17.6 Å². The molecule has 2 N–H and O–H groups in total. The van der Waals surface area contributed by atoms with Crippen LogP contribution in [0.1, 0.15) is 46.0 Å². The molecule has 0 aliphatic heterocycles. The van der Waals surface area contributed by atoms with Crippen LogP contribution in [0.5, 0.6) is 0 Å². The first kappa shape index (κ1) is 17.1. The summed E-state index contributed by atoms with van der Waals surface area (Å²) in [5, 5.41) is 9.43. The number of allylic oxidation sites excluding steroid dienone is 1. The lowest BCUT2D eigenvalue weighted by Gasteiger charge is -2.14. The second-order valence-corrected chi connectivity index (χ2v) is 4.49. The van der Waals surface area contributed by atoms with Crippen molar-refractivity contribution in [1.29, 1.82) is 0 Å². The van der Waals surface area contributed by atoms with E-state index in [0.717, 1.165) is 12.8 Å². The van der Waals surface area contributed by atoms with Crippen LogP contribution in [0.3, 0.4) is 0 Å². The molecule has 0 spiro atoms. The van der Waals surface area contributed by atoms with E-state index in [9.17, 15) is 10.0 Å². The van der Waals surface area contributed by atoms with Crippen LogP contribution in [-0.4, -0.2) is 35.8 Å². The molecule has 5 nitrogen and oxygen atoms in total. The van der Waals surface area contributed by atoms with Crippen molar-refractivity contribution in [2.24, 2.45) is 0 Å². The van der Waals surface area contributed by atoms with Crippen LogP contribution in [-0.2, 0) is 4.74 Å². The Hall–Kier alpha value is -0.940. The summed E-state index contributed by atoms with van der Waals surface area (Å²) in [5.74, 6) is 0. The molecule has 0 aromatic rings. The van der Waals surface area contributed by atoms with Gasteiger partial charge in [-0.2, -0.15) is 0 Å². The Kier molecular flexibility index (Phi) is 10.6. The topological polar surface area (TPSA) is 61.6 Å². The number of hydrogen-bond acceptors (Lipinski definition) is 3. The van der Waals surface area contributed by atoms with Gasteiger partial charge in [-0.25, -0.2) is 0 Å². The zero-order valence-electron chi connectivity index (χ0n) is 11.8. The number of nitroso groups, excluding NO2 is 1. The van der Waals surface area contributed by atoms with Gasteiger partial charge in [0.1, 0.15) is 10.9 Å². The third-order valence-electron chi connectivity index (χ3n) is 2.69. The molecular formula is C13H27N2O3+. The zero-order valence-corrected chi connectivity index (χ0v) is 11.8. The van der Waals surface area contributed by atoms with Gasteiger partial charge in [-0.05, 0) is 25.8 Å². The standard InChI is InChI=1S/C13H27N2O3/c1-4-5-6-7-8-9-10-15(17)14-13(11-18-3)12(2)16/h9-10,12-13,16H,4-8,11H2,1-3H3,(H,14,17)/q+1/b10-9+/t12-,13-/m1/s1. The molecule has 0 aromatic heterocycles. The first-order chi connectivity index (χ1) is 8.61. The van der Waals surface area contributed by atoms with Crippen LogP contribution in [0.4, 0.5) is 0 Å². The molecule has 0 fully saturated rings. The lowest BCUT2D eigenvalue weighted by atomic mass is 10.1. The first-order valence-electron chi connectivity index (χ1n) is 6.68. The van der Waals surface area contributed by atoms with Crippen molar-refractivity contribution in [3.05, 3.63) is 17.2 Å². The average Bonchev–Trinajstić information content (AvgIpc) is 2.33. The van der Waals surface area contributed by atoms with Crippen molar-refractivity contribution >= 4 is 0 Å². The van der Waals surface area contributed by atoms with E-state index in [-0.39, 0.29) is 0 Å². The van der Waals surface area contributed by atoms with Gasteiger partial charge in [-0.3, -0.25) is 0 Å². The summed E-state index contributed by atoms with van der Waals surface area (Å²) in [4.78, 5) is 12.1. The number of rotatable bonds is 11. The van der Waals surface area contributed by atoms with Gasteiger partial charge in [-0.15, -0.1) is 5.43 Å². The molecule has 0 amide bonds. The Balaban J connectivity index is 3.82. The lowest BCUT2D eigenvalue weighted by Crippen LogP contribution is -2.44.